The standard InChI is InChI=1S/C26H33NO5/c1-7-30-24-21-15-19(27-16-18-8-11-20(29-6)12-9-18)10-13-22(21)32-26(4,5)25(24)31-23(28)14-17(2)3/h8-15,24-25,27H,7,16H2,1-6H3. The molecule has 6 heteroatoms. The van der Waals surface area contributed by atoms with E-state index < -0.39 is 23.8 Å². The number of hydrogen-bond donors (Lipinski definition) is 1. The van der Waals surface area contributed by atoms with Crippen LogP contribution in [0, 0.1) is 0 Å². The fourth-order valence-electron chi connectivity index (χ4n) is 3.75. The Hall–Kier alpha value is -2.99. The summed E-state index contributed by atoms with van der Waals surface area (Å²) in [5, 5.41) is 3.44. The van der Waals surface area contributed by atoms with Gasteiger partial charge >= 0.3 is 5.97 Å². The zero-order valence-corrected chi connectivity index (χ0v) is 19.7. The largest absolute Gasteiger partial charge is 0.497 e. The van der Waals surface area contributed by atoms with Crippen molar-refractivity contribution < 1.29 is 23.7 Å². The molecule has 2 aromatic carbocycles. The molecule has 0 amide bonds. The molecule has 0 aromatic heterocycles. The molecule has 2 unspecified atom stereocenters. The van der Waals surface area contributed by atoms with Crippen LogP contribution in [0.5, 0.6) is 11.5 Å². The molecule has 1 heterocycles. The van der Waals surface area contributed by atoms with E-state index in [0.717, 1.165) is 33.9 Å². The Morgan fingerprint density at radius 3 is 2.50 bits per heavy atom. The molecule has 0 bridgehead atoms. The average Bonchev–Trinajstić information content (AvgIpc) is 2.74. The number of nitrogens with one attached hydrogen (secondary N) is 1. The van der Waals surface area contributed by atoms with Crippen LogP contribution < -0.4 is 14.8 Å². The van der Waals surface area contributed by atoms with Crippen LogP contribution in [0.1, 0.15) is 51.8 Å². The maximum atomic E-state index is 12.4. The van der Waals surface area contributed by atoms with E-state index in [0.29, 0.717) is 13.2 Å². The lowest BCUT2D eigenvalue weighted by atomic mass is 9.87. The molecule has 6 nitrogen and oxygen atoms in total. The molecule has 3 rings (SSSR count). The lowest BCUT2D eigenvalue weighted by Gasteiger charge is -2.43. The number of methoxy groups -OCH3 is 1. The molecular weight excluding hydrogens is 406 g/mol. The van der Waals surface area contributed by atoms with Gasteiger partial charge in [0, 0.05) is 30.5 Å². The Morgan fingerprint density at radius 2 is 1.88 bits per heavy atom. The molecule has 1 N–H and O–H groups in total. The highest BCUT2D eigenvalue weighted by atomic mass is 16.6. The van der Waals surface area contributed by atoms with E-state index in [4.69, 9.17) is 18.9 Å². The van der Waals surface area contributed by atoms with E-state index in [1.807, 2.05) is 77.1 Å². The van der Waals surface area contributed by atoms with Gasteiger partial charge in [-0.05, 0) is 70.5 Å². The number of carbonyl (C=O) groups is 1. The highest BCUT2D eigenvalue weighted by Gasteiger charge is 2.47. The molecule has 2 atom stereocenters. The SMILES string of the molecule is CCOC1c2cc(NCc3ccc(OC)cc3)ccc2OC(C)(C)C1OC(=O)C=C(C)C. The second-order valence-corrected chi connectivity index (χ2v) is 8.61. The van der Waals surface area contributed by atoms with E-state index in [-0.39, 0.29) is 0 Å². The quantitative estimate of drug-likeness (QED) is 0.437. The average molecular weight is 440 g/mol. The molecule has 0 fully saturated rings. The van der Waals surface area contributed by atoms with Gasteiger partial charge in [-0.15, -0.1) is 0 Å². The van der Waals surface area contributed by atoms with Gasteiger partial charge in [-0.3, -0.25) is 0 Å². The number of hydrogen-bond acceptors (Lipinski definition) is 6. The van der Waals surface area contributed by atoms with Crippen molar-refractivity contribution in [1.82, 2.24) is 0 Å². The summed E-state index contributed by atoms with van der Waals surface area (Å²) in [5.74, 6) is 1.17. The summed E-state index contributed by atoms with van der Waals surface area (Å²) in [5.41, 5.74) is 3.07. The topological polar surface area (TPSA) is 66.0 Å². The molecule has 0 radical (unpaired) electrons. The van der Waals surface area contributed by atoms with Crippen molar-refractivity contribution in [2.75, 3.05) is 19.0 Å². The van der Waals surface area contributed by atoms with Gasteiger partial charge in [0.25, 0.3) is 0 Å². The van der Waals surface area contributed by atoms with E-state index in [9.17, 15) is 4.79 Å². The Morgan fingerprint density at radius 1 is 1.16 bits per heavy atom. The molecule has 0 saturated carbocycles. The van der Waals surface area contributed by atoms with Crippen molar-refractivity contribution in [2.24, 2.45) is 0 Å². The number of esters is 1. The van der Waals surface area contributed by atoms with Crippen LogP contribution in [-0.4, -0.2) is 31.4 Å². The molecule has 1 aliphatic heterocycles. The molecule has 0 aliphatic carbocycles. The van der Waals surface area contributed by atoms with Crippen LogP contribution in [0.3, 0.4) is 0 Å². The van der Waals surface area contributed by atoms with Crippen molar-refractivity contribution in [1.29, 1.82) is 0 Å². The van der Waals surface area contributed by atoms with Crippen LogP contribution in [0.25, 0.3) is 0 Å². The van der Waals surface area contributed by atoms with Gasteiger partial charge in [0.05, 0.1) is 7.11 Å². The van der Waals surface area contributed by atoms with Gasteiger partial charge in [0.1, 0.15) is 23.2 Å². The number of benzene rings is 2. The summed E-state index contributed by atoms with van der Waals surface area (Å²) >= 11 is 0. The first-order chi connectivity index (χ1) is 15.2. The number of rotatable bonds is 8. The van der Waals surface area contributed by atoms with Crippen LogP contribution >= 0.6 is 0 Å². The van der Waals surface area contributed by atoms with Gasteiger partial charge in [-0.25, -0.2) is 4.79 Å². The van der Waals surface area contributed by atoms with Gasteiger partial charge in [0.2, 0.25) is 0 Å². The van der Waals surface area contributed by atoms with E-state index in [1.165, 1.54) is 6.08 Å². The molecule has 172 valence electrons. The van der Waals surface area contributed by atoms with Crippen molar-refractivity contribution in [2.45, 2.75) is 59.0 Å². The van der Waals surface area contributed by atoms with Crippen molar-refractivity contribution in [3.8, 4) is 11.5 Å². The van der Waals surface area contributed by atoms with Crippen molar-refractivity contribution in [3.63, 3.8) is 0 Å². The number of carbonyl (C=O) groups excluding carboxylic acids is 1. The van der Waals surface area contributed by atoms with Crippen molar-refractivity contribution in [3.05, 3.63) is 65.2 Å². The second-order valence-electron chi connectivity index (χ2n) is 8.61. The maximum absolute atomic E-state index is 12.4. The van der Waals surface area contributed by atoms with Crippen LogP contribution in [0.4, 0.5) is 5.69 Å². The summed E-state index contributed by atoms with van der Waals surface area (Å²) in [6.07, 6.45) is 0.465. The Bertz CT molecular complexity index is 961. The third-order valence-electron chi connectivity index (χ3n) is 5.30. The highest BCUT2D eigenvalue weighted by Crippen LogP contribution is 2.44. The number of ether oxygens (including phenoxy) is 4. The predicted octanol–water partition coefficient (Wildman–Crippen LogP) is 5.43. The zero-order chi connectivity index (χ0) is 23.3. The summed E-state index contributed by atoms with van der Waals surface area (Å²) in [6.45, 7) is 10.6. The third kappa shape index (κ3) is 5.62. The Labute approximate surface area is 190 Å². The number of allylic oxidation sites excluding steroid dienone is 1. The lowest BCUT2D eigenvalue weighted by molar-refractivity contribution is -0.178. The van der Waals surface area contributed by atoms with Gasteiger partial charge in [-0.2, -0.15) is 0 Å². The Balaban J connectivity index is 1.84. The van der Waals surface area contributed by atoms with E-state index in [2.05, 4.69) is 5.32 Å². The highest BCUT2D eigenvalue weighted by molar-refractivity contribution is 5.83. The summed E-state index contributed by atoms with van der Waals surface area (Å²) in [6, 6.07) is 13.9. The minimum Gasteiger partial charge on any atom is -0.497 e. The molecule has 0 saturated heterocycles. The monoisotopic (exact) mass is 439 g/mol. The van der Waals surface area contributed by atoms with Crippen LogP contribution in [0.15, 0.2) is 54.1 Å². The minimum atomic E-state index is -0.740. The van der Waals surface area contributed by atoms with E-state index in [1.54, 1.807) is 7.11 Å². The van der Waals surface area contributed by atoms with Gasteiger partial charge in [-0.1, -0.05) is 17.7 Å². The number of fused-ring (bicyclic) bond motifs is 1. The first-order valence-electron chi connectivity index (χ1n) is 10.9. The third-order valence-corrected chi connectivity index (χ3v) is 5.30. The summed E-state index contributed by atoms with van der Waals surface area (Å²) in [4.78, 5) is 12.4. The Kier molecular flexibility index (Phi) is 7.46. The lowest BCUT2D eigenvalue weighted by Crippen LogP contribution is -2.51. The fraction of sp³-hybridized carbons (Fsp3) is 0.423. The molecule has 2 aromatic rings. The summed E-state index contributed by atoms with van der Waals surface area (Å²) < 4.78 is 23.4. The minimum absolute atomic E-state index is 0.395. The van der Waals surface area contributed by atoms with Gasteiger partial charge < -0.3 is 24.3 Å². The normalized spacial score (nSPS) is 18.7. The zero-order valence-electron chi connectivity index (χ0n) is 19.7. The first kappa shape index (κ1) is 23.7. The number of anilines is 1. The summed E-state index contributed by atoms with van der Waals surface area (Å²) in [7, 11) is 1.66. The fourth-order valence-corrected chi connectivity index (χ4v) is 3.75. The second kappa shape index (κ2) is 10.1. The van der Waals surface area contributed by atoms with Crippen LogP contribution in [-0.2, 0) is 20.8 Å². The molecule has 0 spiro atoms. The molecule has 1 aliphatic rings. The molecule has 32 heavy (non-hydrogen) atoms. The van der Waals surface area contributed by atoms with Crippen molar-refractivity contribution >= 4 is 11.7 Å². The van der Waals surface area contributed by atoms with E-state index >= 15 is 0 Å². The predicted molar refractivity (Wildman–Crippen MR) is 125 cm³/mol. The van der Waals surface area contributed by atoms with Gasteiger partial charge in [0.15, 0.2) is 6.10 Å². The molecular formula is C26H33NO5. The van der Waals surface area contributed by atoms with Crippen LogP contribution in [0.2, 0.25) is 0 Å². The smallest absolute Gasteiger partial charge is 0.331 e. The first-order valence-corrected chi connectivity index (χ1v) is 10.9. The maximum Gasteiger partial charge on any atom is 0.331 e.